The Hall–Kier alpha value is -7.20. The second-order valence-electron chi connectivity index (χ2n) is 28.0. The highest BCUT2D eigenvalue weighted by Crippen LogP contribution is 2.65. The quantitative estimate of drug-likeness (QED) is 0.173. The maximum absolute atomic E-state index is 7.97. The van der Waals surface area contributed by atoms with Gasteiger partial charge in [0.1, 0.15) is 47.4 Å². The second kappa shape index (κ2) is 19.7. The van der Waals surface area contributed by atoms with E-state index in [9.17, 15) is 0 Å². The highest BCUT2D eigenvalue weighted by atomic mass is 16.8. The van der Waals surface area contributed by atoms with Crippen molar-refractivity contribution in [3.8, 4) is 45.3 Å². The molecule has 0 saturated carbocycles. The molecule has 2 saturated heterocycles. The lowest BCUT2D eigenvalue weighted by Crippen LogP contribution is -2.26. The molecule has 8 aromatic rings. The number of fused-ring (bicyclic) bond motifs is 24. The molecule has 13 rings (SSSR count). The van der Waals surface area contributed by atoms with Gasteiger partial charge in [-0.3, -0.25) is 0 Å². The van der Waals surface area contributed by atoms with Gasteiger partial charge in [-0.25, -0.2) is 0 Å². The van der Waals surface area contributed by atoms with Gasteiger partial charge in [-0.15, -0.1) is 0 Å². The number of methoxy groups -OCH3 is 4. The molecule has 0 unspecified atom stereocenters. The molecule has 432 valence electrons. The largest absolute Gasteiger partial charge is 0.496 e. The minimum absolute atomic E-state index is 0.298. The van der Waals surface area contributed by atoms with E-state index in [0.717, 1.165) is 134 Å². The maximum Gasteiger partial charge on any atom is 0.224 e. The van der Waals surface area contributed by atoms with Crippen LogP contribution < -0.4 is 18.9 Å². The van der Waals surface area contributed by atoms with Crippen molar-refractivity contribution in [3.63, 3.8) is 0 Å². The zero-order valence-corrected chi connectivity index (χ0v) is 51.8. The van der Waals surface area contributed by atoms with E-state index in [1.165, 1.54) is 0 Å². The van der Waals surface area contributed by atoms with E-state index in [2.05, 4.69) is 229 Å². The van der Waals surface area contributed by atoms with Crippen molar-refractivity contribution in [2.24, 2.45) is 0 Å². The summed E-state index contributed by atoms with van der Waals surface area (Å²) in [5, 5.41) is 0. The van der Waals surface area contributed by atoms with Crippen LogP contribution in [0.3, 0.4) is 0 Å². The molecule has 8 bridgehead atoms. The first kappa shape index (κ1) is 56.0. The average molecular weight is 1120 g/mol. The third kappa shape index (κ3) is 8.67. The van der Waals surface area contributed by atoms with E-state index in [1.54, 1.807) is 28.4 Å². The first-order valence-electron chi connectivity index (χ1n) is 29.9. The normalized spacial score (nSPS) is 19.8. The van der Waals surface area contributed by atoms with Crippen LogP contribution >= 0.6 is 0 Å². The van der Waals surface area contributed by atoms with Crippen LogP contribution in [-0.2, 0) is 65.0 Å². The Morgan fingerprint density at radius 3 is 0.702 bits per heavy atom. The van der Waals surface area contributed by atoms with Gasteiger partial charge in [-0.2, -0.15) is 0 Å². The van der Waals surface area contributed by atoms with E-state index in [4.69, 9.17) is 37.9 Å². The van der Waals surface area contributed by atoms with Gasteiger partial charge in [-0.1, -0.05) is 204 Å². The Balaban J connectivity index is 1.16. The fourth-order valence-electron chi connectivity index (χ4n) is 14.1. The van der Waals surface area contributed by atoms with Crippen molar-refractivity contribution in [2.45, 2.75) is 154 Å². The smallest absolute Gasteiger partial charge is 0.224 e. The maximum atomic E-state index is 7.97. The zero-order valence-electron chi connectivity index (χ0n) is 51.8. The topological polar surface area (TPSA) is 73.8 Å². The summed E-state index contributed by atoms with van der Waals surface area (Å²) < 4.78 is 59.4. The van der Waals surface area contributed by atoms with Gasteiger partial charge in [-0.05, 0) is 113 Å². The van der Waals surface area contributed by atoms with Crippen LogP contribution in [0.4, 0.5) is 0 Å². The lowest BCUT2D eigenvalue weighted by atomic mass is 9.78. The Morgan fingerprint density at radius 2 is 0.512 bits per heavy atom. The molecule has 0 aromatic heterocycles. The standard InChI is InChI=1S/C76H80O8/c1-71(2,3)47-35-43-33-44-36-48(72(4,5)6)41-57(64(44)78-14)69-70(84-76(83-69)61-31-23-19-27-53(61)54-28-20-24-32-62(54)76)58-42-50(74(10,11)12)38-46(66(58)80-16)34-45-37-49(73(7,8)9)40-56(65(45)79-15)68-67(55(39-47)63(43)77-13)81-75(82-68)59-29-21-17-25-51(59)52-26-18-22-30-60(52)75/h17-32,35-42,67-70H,33-34H2,1-16H3/t67-,68-,69+,70+. The van der Waals surface area contributed by atoms with Gasteiger partial charge in [0.05, 0.1) is 28.4 Å². The third-order valence-corrected chi connectivity index (χ3v) is 18.5. The lowest BCUT2D eigenvalue weighted by molar-refractivity contribution is -0.149. The van der Waals surface area contributed by atoms with Gasteiger partial charge >= 0.3 is 0 Å². The highest BCUT2D eigenvalue weighted by Gasteiger charge is 2.59. The summed E-state index contributed by atoms with van der Waals surface area (Å²) in [4.78, 5) is 0. The van der Waals surface area contributed by atoms with Gasteiger partial charge in [0.15, 0.2) is 0 Å². The van der Waals surface area contributed by atoms with Crippen molar-refractivity contribution in [3.05, 3.63) is 235 Å². The molecule has 0 amide bonds. The molecule has 4 atom stereocenters. The van der Waals surface area contributed by atoms with Crippen LogP contribution in [0.2, 0.25) is 0 Å². The predicted octanol–water partition coefficient (Wildman–Crippen LogP) is 17.8. The second-order valence-corrected chi connectivity index (χ2v) is 28.0. The van der Waals surface area contributed by atoms with Crippen molar-refractivity contribution in [2.75, 3.05) is 28.4 Å². The van der Waals surface area contributed by atoms with Crippen molar-refractivity contribution in [1.29, 1.82) is 0 Å². The predicted molar refractivity (Wildman–Crippen MR) is 333 cm³/mol. The SMILES string of the molecule is COc1c2cc(C(C)(C)C)cc1[C@H]1OC3(O[C@@H]1c1cc(C(C)(C)C)cc(c1OC)Cc1cc(C(C)(C)C)cc(c1OC)[C@@H]1OC4(O[C@H]1c1cc(C(C)(C)C)cc(c1OC)C2)c1ccccc1-c1ccccc14)c1ccccc1-c1ccccc13. The molecule has 2 heterocycles. The molecule has 2 aliphatic heterocycles. The van der Waals surface area contributed by atoms with Crippen LogP contribution in [0.25, 0.3) is 22.3 Å². The molecule has 0 N–H and O–H groups in total. The Bertz CT molecular complexity index is 3440. The third-order valence-electron chi connectivity index (χ3n) is 18.5. The fraction of sp³-hybridized carbons (Fsp3) is 0.368. The molecule has 8 nitrogen and oxygen atoms in total. The summed E-state index contributed by atoms with van der Waals surface area (Å²) in [6.45, 7) is 27.3. The lowest BCUT2D eigenvalue weighted by Gasteiger charge is -2.31. The van der Waals surface area contributed by atoms with Gasteiger partial charge < -0.3 is 37.9 Å². The monoisotopic (exact) mass is 1120 g/mol. The summed E-state index contributed by atoms with van der Waals surface area (Å²) >= 11 is 0. The number of hydrogen-bond donors (Lipinski definition) is 0. The first-order valence-corrected chi connectivity index (χ1v) is 29.9. The highest BCUT2D eigenvalue weighted by molar-refractivity contribution is 5.81. The molecule has 0 radical (unpaired) electrons. The minimum atomic E-state index is -1.29. The van der Waals surface area contributed by atoms with E-state index in [0.29, 0.717) is 12.8 Å². The molecular weight excluding hydrogens is 1040 g/mol. The summed E-state index contributed by atoms with van der Waals surface area (Å²) in [5.74, 6) is 0.312. The number of rotatable bonds is 4. The van der Waals surface area contributed by atoms with Crippen LogP contribution in [0.5, 0.6) is 23.0 Å². The fourth-order valence-corrected chi connectivity index (χ4v) is 14.1. The Labute approximate surface area is 497 Å². The molecule has 8 heteroatoms. The van der Waals surface area contributed by atoms with Crippen molar-refractivity contribution < 1.29 is 37.9 Å². The summed E-state index contributed by atoms with van der Waals surface area (Å²) in [7, 11) is 7.15. The van der Waals surface area contributed by atoms with Gasteiger partial charge in [0.2, 0.25) is 11.6 Å². The Morgan fingerprint density at radius 1 is 0.310 bits per heavy atom. The van der Waals surface area contributed by atoms with Crippen LogP contribution in [0.1, 0.15) is 197 Å². The van der Waals surface area contributed by atoms with Crippen molar-refractivity contribution >= 4 is 0 Å². The average Bonchev–Trinajstić information content (AvgIpc) is 1.57. The van der Waals surface area contributed by atoms with E-state index >= 15 is 0 Å². The van der Waals surface area contributed by atoms with Crippen LogP contribution in [0.15, 0.2) is 146 Å². The number of benzene rings is 8. The molecule has 2 fully saturated rings. The number of ether oxygens (including phenoxy) is 8. The van der Waals surface area contributed by atoms with Crippen LogP contribution in [-0.4, -0.2) is 28.4 Å². The van der Waals surface area contributed by atoms with E-state index in [-0.39, 0.29) is 21.7 Å². The molecule has 5 aliphatic rings. The summed E-state index contributed by atoms with van der Waals surface area (Å²) in [6, 6.07) is 52.6. The zero-order chi connectivity index (χ0) is 59.2. The number of hydrogen-bond acceptors (Lipinski definition) is 8. The van der Waals surface area contributed by atoms with E-state index < -0.39 is 36.0 Å². The summed E-state index contributed by atoms with van der Waals surface area (Å²) in [6.07, 6.45) is -1.94. The molecule has 2 spiro atoms. The van der Waals surface area contributed by atoms with Gasteiger partial charge in [0, 0.05) is 57.3 Å². The molecule has 8 aromatic carbocycles. The van der Waals surface area contributed by atoms with Crippen molar-refractivity contribution in [1.82, 2.24) is 0 Å². The van der Waals surface area contributed by atoms with E-state index in [1.807, 2.05) is 0 Å². The Kier molecular flexibility index (Phi) is 13.1. The minimum Gasteiger partial charge on any atom is -0.496 e. The van der Waals surface area contributed by atoms with Crippen LogP contribution in [0, 0.1) is 0 Å². The molecule has 3 aliphatic carbocycles. The van der Waals surface area contributed by atoms with Gasteiger partial charge in [0.25, 0.3) is 0 Å². The molecular formula is C76H80O8. The molecule has 84 heavy (non-hydrogen) atoms. The summed E-state index contributed by atoms with van der Waals surface area (Å²) in [5.41, 5.74) is 19.0. The first-order chi connectivity index (χ1) is 39.9.